The van der Waals surface area contributed by atoms with Crippen LogP contribution in [0, 0.1) is 5.82 Å². The average molecular weight is 198 g/mol. The van der Waals surface area contributed by atoms with Crippen molar-refractivity contribution in [3.05, 3.63) is 34.7 Å². The third-order valence-corrected chi connectivity index (χ3v) is 2.20. The highest BCUT2D eigenvalue weighted by atomic mass is 35.5. The third kappa shape index (κ3) is 1.21. The molecule has 0 atom stereocenters. The van der Waals surface area contributed by atoms with E-state index in [-0.39, 0.29) is 5.02 Å². The summed E-state index contributed by atoms with van der Waals surface area (Å²) < 4.78 is 12.9. The van der Waals surface area contributed by atoms with Crippen LogP contribution in [0.25, 0.3) is 10.9 Å². The van der Waals surface area contributed by atoms with Gasteiger partial charge in [0, 0.05) is 5.39 Å². The van der Waals surface area contributed by atoms with Crippen molar-refractivity contribution in [2.45, 2.75) is 0 Å². The van der Waals surface area contributed by atoms with E-state index in [0.29, 0.717) is 17.5 Å². The normalized spacial score (nSPS) is 10.6. The minimum atomic E-state index is -0.492. The lowest BCUT2D eigenvalue weighted by molar-refractivity contribution is 0.112. The first-order chi connectivity index (χ1) is 6.22. The number of carbonyl (C=O) groups is 1. The zero-order valence-corrected chi connectivity index (χ0v) is 7.23. The lowest BCUT2D eigenvalue weighted by Crippen LogP contribution is -1.79. The van der Waals surface area contributed by atoms with Gasteiger partial charge in [0.1, 0.15) is 10.8 Å². The molecular weight excluding hydrogens is 193 g/mol. The van der Waals surface area contributed by atoms with Crippen LogP contribution in [0.4, 0.5) is 4.39 Å². The molecule has 1 heterocycles. The summed E-state index contributed by atoms with van der Waals surface area (Å²) in [4.78, 5) is 13.1. The second kappa shape index (κ2) is 2.85. The van der Waals surface area contributed by atoms with Gasteiger partial charge in [-0.1, -0.05) is 11.6 Å². The zero-order valence-electron chi connectivity index (χ0n) is 6.47. The molecule has 0 radical (unpaired) electrons. The van der Waals surface area contributed by atoms with Gasteiger partial charge < -0.3 is 4.98 Å². The van der Waals surface area contributed by atoms with Crippen molar-refractivity contribution in [2.75, 3.05) is 0 Å². The Bertz CT molecular complexity index is 478. The molecule has 2 nitrogen and oxygen atoms in total. The number of hydrogen-bond acceptors (Lipinski definition) is 1. The smallest absolute Gasteiger partial charge is 0.166 e. The van der Waals surface area contributed by atoms with E-state index in [9.17, 15) is 9.18 Å². The quantitative estimate of drug-likeness (QED) is 0.701. The van der Waals surface area contributed by atoms with Gasteiger partial charge >= 0.3 is 0 Å². The van der Waals surface area contributed by atoms with E-state index in [1.807, 2.05) is 0 Å². The van der Waals surface area contributed by atoms with Crippen molar-refractivity contribution in [3.8, 4) is 0 Å². The summed E-state index contributed by atoms with van der Waals surface area (Å²) in [6.45, 7) is 0. The van der Waals surface area contributed by atoms with Gasteiger partial charge in [-0.05, 0) is 18.2 Å². The Kier molecular flexibility index (Phi) is 1.81. The number of H-pyrrole nitrogens is 1. The number of rotatable bonds is 1. The van der Waals surface area contributed by atoms with Gasteiger partial charge in [-0.2, -0.15) is 0 Å². The second-order valence-electron chi connectivity index (χ2n) is 2.67. The van der Waals surface area contributed by atoms with Gasteiger partial charge in [0.2, 0.25) is 0 Å². The van der Waals surface area contributed by atoms with Crippen LogP contribution in [0.15, 0.2) is 18.2 Å². The highest BCUT2D eigenvalue weighted by Crippen LogP contribution is 2.25. The molecule has 0 bridgehead atoms. The Morgan fingerprint density at radius 1 is 1.46 bits per heavy atom. The maximum absolute atomic E-state index is 12.9. The maximum atomic E-state index is 12.9. The van der Waals surface area contributed by atoms with Crippen LogP contribution in [-0.4, -0.2) is 11.3 Å². The third-order valence-electron chi connectivity index (χ3n) is 1.83. The number of hydrogen-bond donors (Lipinski definition) is 1. The molecule has 0 saturated carbocycles. The summed E-state index contributed by atoms with van der Waals surface area (Å²) in [5, 5.41) is 0.749. The summed E-state index contributed by atoms with van der Waals surface area (Å²) in [6.07, 6.45) is 0.661. The van der Waals surface area contributed by atoms with Gasteiger partial charge in [0.25, 0.3) is 0 Å². The molecule has 0 fully saturated rings. The molecule has 0 aliphatic rings. The highest BCUT2D eigenvalue weighted by molar-refractivity contribution is 6.35. The lowest BCUT2D eigenvalue weighted by Gasteiger charge is -1.94. The van der Waals surface area contributed by atoms with Crippen molar-refractivity contribution >= 4 is 28.8 Å². The van der Waals surface area contributed by atoms with Crippen LogP contribution in [0.2, 0.25) is 5.02 Å². The van der Waals surface area contributed by atoms with Gasteiger partial charge in [0.05, 0.1) is 11.2 Å². The summed E-state index contributed by atoms with van der Waals surface area (Å²) in [7, 11) is 0. The predicted octanol–water partition coefficient (Wildman–Crippen LogP) is 2.77. The van der Waals surface area contributed by atoms with Crippen molar-refractivity contribution in [1.82, 2.24) is 4.98 Å². The van der Waals surface area contributed by atoms with Crippen LogP contribution in [0.1, 0.15) is 10.5 Å². The zero-order chi connectivity index (χ0) is 9.42. The second-order valence-corrected chi connectivity index (χ2v) is 3.05. The van der Waals surface area contributed by atoms with Gasteiger partial charge in [-0.25, -0.2) is 4.39 Å². The highest BCUT2D eigenvalue weighted by Gasteiger charge is 2.07. The number of fused-ring (bicyclic) bond motifs is 1. The minimum Gasteiger partial charge on any atom is -0.351 e. The molecule has 1 aromatic carbocycles. The lowest BCUT2D eigenvalue weighted by atomic mass is 10.2. The first-order valence-electron chi connectivity index (χ1n) is 3.64. The Hall–Kier alpha value is -1.35. The van der Waals surface area contributed by atoms with Gasteiger partial charge in [-0.15, -0.1) is 0 Å². The first-order valence-corrected chi connectivity index (χ1v) is 4.02. The summed E-state index contributed by atoms with van der Waals surface area (Å²) >= 11 is 5.67. The molecule has 0 unspecified atom stereocenters. The van der Waals surface area contributed by atoms with E-state index >= 15 is 0 Å². The number of aromatic nitrogens is 1. The summed E-state index contributed by atoms with van der Waals surface area (Å²) in [5.74, 6) is -0.492. The van der Waals surface area contributed by atoms with E-state index < -0.39 is 5.82 Å². The number of aromatic amines is 1. The molecule has 2 rings (SSSR count). The molecule has 4 heteroatoms. The first kappa shape index (κ1) is 8.26. The van der Waals surface area contributed by atoms with Crippen LogP contribution in [-0.2, 0) is 0 Å². The molecule has 0 saturated heterocycles. The van der Waals surface area contributed by atoms with Crippen LogP contribution < -0.4 is 0 Å². The summed E-state index contributed by atoms with van der Waals surface area (Å²) in [5.41, 5.74) is 0.853. The average Bonchev–Trinajstić information content (AvgIpc) is 2.55. The van der Waals surface area contributed by atoms with Gasteiger partial charge in [-0.3, -0.25) is 4.79 Å². The Morgan fingerprint density at radius 3 is 2.92 bits per heavy atom. The maximum Gasteiger partial charge on any atom is 0.166 e. The fourth-order valence-electron chi connectivity index (χ4n) is 1.22. The molecule has 66 valence electrons. The molecule has 0 amide bonds. The number of benzene rings is 1. The monoisotopic (exact) mass is 197 g/mol. The Balaban J connectivity index is 2.83. The van der Waals surface area contributed by atoms with Crippen molar-refractivity contribution in [2.24, 2.45) is 0 Å². The van der Waals surface area contributed by atoms with Gasteiger partial charge in [0.15, 0.2) is 6.29 Å². The molecule has 0 aliphatic carbocycles. The van der Waals surface area contributed by atoms with Crippen LogP contribution >= 0.6 is 11.6 Å². The van der Waals surface area contributed by atoms with Crippen LogP contribution in [0.5, 0.6) is 0 Å². The molecule has 1 N–H and O–H groups in total. The van der Waals surface area contributed by atoms with E-state index in [1.54, 1.807) is 12.1 Å². The van der Waals surface area contributed by atoms with Crippen molar-refractivity contribution in [1.29, 1.82) is 0 Å². The standard InChI is InChI=1S/C9H5ClFNO/c10-8-7(11)2-1-5-3-6(4-13)12-9(5)8/h1-4,12H. The topological polar surface area (TPSA) is 32.9 Å². The van der Waals surface area contributed by atoms with Crippen molar-refractivity contribution < 1.29 is 9.18 Å². The Labute approximate surface area is 78.3 Å². The molecular formula is C9H5ClFNO. The van der Waals surface area contributed by atoms with E-state index in [2.05, 4.69) is 4.98 Å². The van der Waals surface area contributed by atoms with E-state index in [1.165, 1.54) is 6.07 Å². The number of nitrogens with one attached hydrogen (secondary N) is 1. The number of carbonyl (C=O) groups excluding carboxylic acids is 1. The van der Waals surface area contributed by atoms with Crippen LogP contribution in [0.3, 0.4) is 0 Å². The number of aldehydes is 1. The molecule has 1 aromatic heterocycles. The Morgan fingerprint density at radius 2 is 2.23 bits per heavy atom. The van der Waals surface area contributed by atoms with E-state index in [0.717, 1.165) is 5.39 Å². The van der Waals surface area contributed by atoms with Crippen molar-refractivity contribution in [3.63, 3.8) is 0 Å². The molecule has 0 aliphatic heterocycles. The SMILES string of the molecule is O=Cc1cc2ccc(F)c(Cl)c2[nH]1. The van der Waals surface area contributed by atoms with E-state index in [4.69, 9.17) is 11.6 Å². The molecule has 13 heavy (non-hydrogen) atoms. The molecule has 2 aromatic rings. The minimum absolute atomic E-state index is 0.0191. The number of halogens is 2. The molecule has 0 spiro atoms. The fourth-order valence-corrected chi connectivity index (χ4v) is 1.44. The summed E-state index contributed by atoms with van der Waals surface area (Å²) in [6, 6.07) is 4.46. The predicted molar refractivity (Wildman–Crippen MR) is 48.7 cm³/mol. The fraction of sp³-hybridized carbons (Fsp3) is 0. The largest absolute Gasteiger partial charge is 0.351 e.